The van der Waals surface area contributed by atoms with Crippen molar-refractivity contribution in [3.8, 4) is 0 Å². The van der Waals surface area contributed by atoms with Crippen LogP contribution >= 0.6 is 0 Å². The summed E-state index contributed by atoms with van der Waals surface area (Å²) in [5.41, 5.74) is 1.20. The molecule has 4 atom stereocenters. The van der Waals surface area contributed by atoms with Crippen molar-refractivity contribution >= 4 is 0 Å². The van der Waals surface area contributed by atoms with Crippen LogP contribution in [0, 0.1) is 29.6 Å². The second-order valence-corrected chi connectivity index (χ2v) is 9.48. The van der Waals surface area contributed by atoms with Gasteiger partial charge in [-0.25, -0.2) is 4.39 Å². The summed E-state index contributed by atoms with van der Waals surface area (Å²) in [5.74, 6) is 3.32. The van der Waals surface area contributed by atoms with Gasteiger partial charge in [0.25, 0.3) is 0 Å². The molecule has 0 nitrogen and oxygen atoms in total. The van der Waals surface area contributed by atoms with Gasteiger partial charge in [0.05, 0.1) is 6.17 Å². The van der Waals surface area contributed by atoms with E-state index < -0.39 is 6.17 Å². The molecule has 0 amide bonds. The number of hydrogen-bond acceptors (Lipinski definition) is 0. The number of allylic oxidation sites excluding steroid dienone is 3. The minimum absolute atomic E-state index is 0.425. The van der Waals surface area contributed by atoms with Gasteiger partial charge < -0.3 is 0 Å². The minimum atomic E-state index is -0.695. The zero-order valence-electron chi connectivity index (χ0n) is 26.2. The highest BCUT2D eigenvalue weighted by Gasteiger charge is 2.19. The molecule has 4 unspecified atom stereocenters. The maximum atomic E-state index is 12.9. The molecule has 0 heterocycles. The molecular formula is C32H69F. The van der Waals surface area contributed by atoms with Crippen LogP contribution in [0.5, 0.6) is 0 Å². The molecular weight excluding hydrogens is 403 g/mol. The van der Waals surface area contributed by atoms with Crippen molar-refractivity contribution in [1.82, 2.24) is 0 Å². The molecule has 0 saturated carbocycles. The largest absolute Gasteiger partial charge is 0.248 e. The number of alkyl halides is 1. The number of rotatable bonds is 12. The smallest absolute Gasteiger partial charge is 0.0976 e. The third-order valence-electron chi connectivity index (χ3n) is 6.06. The molecule has 33 heavy (non-hydrogen) atoms. The fourth-order valence-electron chi connectivity index (χ4n) is 3.25. The molecule has 0 aromatic rings. The van der Waals surface area contributed by atoms with E-state index in [2.05, 4.69) is 81.9 Å². The van der Waals surface area contributed by atoms with Crippen molar-refractivity contribution in [3.05, 3.63) is 24.3 Å². The van der Waals surface area contributed by atoms with E-state index in [1.807, 2.05) is 33.8 Å². The molecule has 0 bridgehead atoms. The molecule has 0 aromatic heterocycles. The maximum Gasteiger partial charge on any atom is 0.0976 e. The second kappa shape index (κ2) is 33.6. The molecule has 0 spiro atoms. The van der Waals surface area contributed by atoms with Gasteiger partial charge in [-0.3, -0.25) is 0 Å². The standard InChI is InChI=1S/C14H25F.C9H20.C5H12.2C2H6/c1-7-10(2)8-11(3)14(6)12(4)9-13(5)15;1-4-7-9(6-3)8-5-2;1-4-5(2)3;2*1-2/h7-8,11-14H,1,9H2,2-6H3;9H,4-8H2,1-3H3;5H,4H2,1-3H3;2*1-2H3/b10-8+;;;;. The quantitative estimate of drug-likeness (QED) is 0.248. The molecule has 0 saturated heterocycles. The minimum Gasteiger partial charge on any atom is -0.248 e. The van der Waals surface area contributed by atoms with E-state index in [9.17, 15) is 4.39 Å². The van der Waals surface area contributed by atoms with Crippen molar-refractivity contribution in [2.75, 3.05) is 0 Å². The number of hydrogen-bond donors (Lipinski definition) is 0. The second-order valence-electron chi connectivity index (χ2n) is 9.48. The first-order chi connectivity index (χ1) is 15.5. The SMILES string of the molecule is C=C/C(C)=C/C(C)C(C)C(C)CC(C)F.CC.CC.CCC(C)C.CCCC(CC)CCC. The molecule has 0 aliphatic heterocycles. The third kappa shape index (κ3) is 36.2. The van der Waals surface area contributed by atoms with Crippen LogP contribution in [0.1, 0.15) is 149 Å². The highest BCUT2D eigenvalue weighted by molar-refractivity contribution is 5.14. The summed E-state index contributed by atoms with van der Waals surface area (Å²) >= 11 is 0. The summed E-state index contributed by atoms with van der Waals surface area (Å²) in [6.45, 7) is 35.5. The lowest BCUT2D eigenvalue weighted by Gasteiger charge is -2.25. The van der Waals surface area contributed by atoms with Crippen LogP contribution in [0.4, 0.5) is 4.39 Å². The van der Waals surface area contributed by atoms with Gasteiger partial charge in [-0.1, -0.05) is 153 Å². The van der Waals surface area contributed by atoms with Crippen LogP contribution in [-0.4, -0.2) is 6.17 Å². The Morgan fingerprint density at radius 3 is 1.42 bits per heavy atom. The summed E-state index contributed by atoms with van der Waals surface area (Å²) in [6.07, 6.45) is 12.3. The topological polar surface area (TPSA) is 0 Å². The van der Waals surface area contributed by atoms with Crippen molar-refractivity contribution in [2.24, 2.45) is 29.6 Å². The molecule has 1 heteroatoms. The van der Waals surface area contributed by atoms with Gasteiger partial charge in [-0.15, -0.1) is 0 Å². The zero-order chi connectivity index (χ0) is 27.4. The van der Waals surface area contributed by atoms with E-state index in [-0.39, 0.29) is 0 Å². The average Bonchev–Trinajstić information content (AvgIpc) is 2.81. The molecule has 0 rings (SSSR count). The molecule has 0 radical (unpaired) electrons. The molecule has 0 aromatic carbocycles. The van der Waals surface area contributed by atoms with Gasteiger partial charge in [0, 0.05) is 0 Å². The Balaban J connectivity index is -0.000000123. The molecule has 0 aliphatic rings. The summed E-state index contributed by atoms with van der Waals surface area (Å²) in [4.78, 5) is 0. The van der Waals surface area contributed by atoms with Crippen molar-refractivity contribution in [1.29, 1.82) is 0 Å². The normalized spacial score (nSPS) is 14.1. The van der Waals surface area contributed by atoms with E-state index in [0.717, 1.165) is 11.8 Å². The van der Waals surface area contributed by atoms with E-state index in [0.29, 0.717) is 24.2 Å². The predicted molar refractivity (Wildman–Crippen MR) is 158 cm³/mol. The van der Waals surface area contributed by atoms with Crippen LogP contribution in [-0.2, 0) is 0 Å². The first kappa shape index (κ1) is 42.6. The number of halogens is 1. The Morgan fingerprint density at radius 1 is 0.788 bits per heavy atom. The van der Waals surface area contributed by atoms with Crippen molar-refractivity contribution in [2.45, 2.75) is 155 Å². The Hall–Kier alpha value is -0.590. The van der Waals surface area contributed by atoms with E-state index in [4.69, 9.17) is 0 Å². The van der Waals surface area contributed by atoms with Crippen LogP contribution in [0.3, 0.4) is 0 Å². The van der Waals surface area contributed by atoms with E-state index in [1.165, 1.54) is 44.1 Å². The summed E-state index contributed by atoms with van der Waals surface area (Å²) in [7, 11) is 0. The molecule has 0 N–H and O–H groups in total. The van der Waals surface area contributed by atoms with Gasteiger partial charge >= 0.3 is 0 Å². The Morgan fingerprint density at radius 2 is 1.18 bits per heavy atom. The zero-order valence-corrected chi connectivity index (χ0v) is 26.2. The fourth-order valence-corrected chi connectivity index (χ4v) is 3.25. The van der Waals surface area contributed by atoms with Gasteiger partial charge in [0.1, 0.15) is 0 Å². The summed E-state index contributed by atoms with van der Waals surface area (Å²) in [5, 5.41) is 0. The summed E-state index contributed by atoms with van der Waals surface area (Å²) < 4.78 is 12.9. The van der Waals surface area contributed by atoms with E-state index in [1.54, 1.807) is 6.92 Å². The third-order valence-corrected chi connectivity index (χ3v) is 6.06. The molecule has 204 valence electrons. The fraction of sp³-hybridized carbons (Fsp3) is 0.875. The van der Waals surface area contributed by atoms with Gasteiger partial charge in [0.2, 0.25) is 0 Å². The lowest BCUT2D eigenvalue weighted by Crippen LogP contribution is -2.18. The predicted octanol–water partition coefficient (Wildman–Crippen LogP) is 12.5. The average molecular weight is 473 g/mol. The highest BCUT2D eigenvalue weighted by Crippen LogP contribution is 2.26. The lowest BCUT2D eigenvalue weighted by atomic mass is 9.81. The van der Waals surface area contributed by atoms with Crippen LogP contribution in [0.15, 0.2) is 24.3 Å². The van der Waals surface area contributed by atoms with Gasteiger partial charge in [-0.2, -0.15) is 0 Å². The first-order valence-corrected chi connectivity index (χ1v) is 14.4. The molecule has 0 fully saturated rings. The van der Waals surface area contributed by atoms with Gasteiger partial charge in [-0.05, 0) is 49.9 Å². The van der Waals surface area contributed by atoms with Crippen molar-refractivity contribution in [3.63, 3.8) is 0 Å². The monoisotopic (exact) mass is 473 g/mol. The lowest BCUT2D eigenvalue weighted by molar-refractivity contribution is 0.229. The molecule has 0 aliphatic carbocycles. The Kier molecular flexibility index (Phi) is 43.3. The van der Waals surface area contributed by atoms with E-state index >= 15 is 0 Å². The van der Waals surface area contributed by atoms with Crippen molar-refractivity contribution < 1.29 is 4.39 Å². The maximum absolute atomic E-state index is 12.9. The highest BCUT2D eigenvalue weighted by atomic mass is 19.1. The Labute approximate surface area is 213 Å². The van der Waals surface area contributed by atoms with Gasteiger partial charge in [0.15, 0.2) is 0 Å². The van der Waals surface area contributed by atoms with Crippen LogP contribution in [0.2, 0.25) is 0 Å². The van der Waals surface area contributed by atoms with Crippen LogP contribution in [0.25, 0.3) is 0 Å². The summed E-state index contributed by atoms with van der Waals surface area (Å²) in [6, 6.07) is 0. The Bertz CT molecular complexity index is 361. The van der Waals surface area contributed by atoms with Crippen LogP contribution < -0.4 is 0 Å². The first-order valence-electron chi connectivity index (χ1n) is 14.4.